The summed E-state index contributed by atoms with van der Waals surface area (Å²) in [6.07, 6.45) is 6.79. The first-order valence-electron chi connectivity index (χ1n) is 10.1. The van der Waals surface area contributed by atoms with Crippen molar-refractivity contribution in [3.05, 3.63) is 66.1 Å². The van der Waals surface area contributed by atoms with Crippen molar-refractivity contribution in [3.63, 3.8) is 0 Å². The van der Waals surface area contributed by atoms with Gasteiger partial charge in [-0.2, -0.15) is 0 Å². The molecule has 0 atom stereocenters. The van der Waals surface area contributed by atoms with Crippen LogP contribution in [0.25, 0.3) is 16.2 Å². The van der Waals surface area contributed by atoms with E-state index >= 15 is 0 Å². The highest BCUT2D eigenvalue weighted by atomic mass is 32.1. The second-order valence-electron chi connectivity index (χ2n) is 7.29. The van der Waals surface area contributed by atoms with Crippen LogP contribution in [-0.4, -0.2) is 56.3 Å². The first-order chi connectivity index (χ1) is 14.8. The molecule has 1 aliphatic rings. The predicted molar refractivity (Wildman–Crippen MR) is 118 cm³/mol. The molecule has 0 bridgehead atoms. The number of aromatic nitrogens is 4. The molecule has 1 aromatic carbocycles. The average Bonchev–Trinajstić information content (AvgIpc) is 3.40. The highest BCUT2D eigenvalue weighted by Gasteiger charge is 2.22. The minimum Gasteiger partial charge on any atom is -0.339 e. The van der Waals surface area contributed by atoms with Gasteiger partial charge in [-0.3, -0.25) is 9.20 Å². The van der Waals surface area contributed by atoms with Crippen LogP contribution in [0.15, 0.2) is 60.4 Å². The van der Waals surface area contributed by atoms with E-state index in [2.05, 4.69) is 43.0 Å². The van der Waals surface area contributed by atoms with Gasteiger partial charge in [0.25, 0.3) is 0 Å². The lowest BCUT2D eigenvalue weighted by atomic mass is 10.2. The molecule has 0 unspecified atom stereocenters. The van der Waals surface area contributed by atoms with E-state index in [1.165, 1.54) is 0 Å². The molecule has 1 fully saturated rings. The second kappa shape index (κ2) is 8.23. The third-order valence-electron chi connectivity index (χ3n) is 5.42. The number of fused-ring (bicyclic) bond motifs is 1. The number of aryl methyl sites for hydroxylation is 1. The molecule has 1 saturated heterocycles. The summed E-state index contributed by atoms with van der Waals surface area (Å²) in [6, 6.07) is 12.0. The molecule has 1 amide bonds. The first kappa shape index (κ1) is 18.7. The van der Waals surface area contributed by atoms with Crippen LogP contribution in [0.3, 0.4) is 0 Å². The molecule has 5 rings (SSSR count). The van der Waals surface area contributed by atoms with Crippen LogP contribution < -0.4 is 4.90 Å². The van der Waals surface area contributed by atoms with Gasteiger partial charge in [-0.05, 0) is 12.5 Å². The Morgan fingerprint density at radius 1 is 1.00 bits per heavy atom. The van der Waals surface area contributed by atoms with E-state index in [0.29, 0.717) is 25.9 Å². The molecule has 0 spiro atoms. The zero-order valence-corrected chi connectivity index (χ0v) is 17.3. The molecule has 4 aromatic rings. The fraction of sp³-hybridized carbons (Fsp3) is 0.273. The van der Waals surface area contributed by atoms with E-state index in [1.807, 2.05) is 29.2 Å². The van der Waals surface area contributed by atoms with E-state index in [4.69, 9.17) is 4.98 Å². The van der Waals surface area contributed by atoms with Gasteiger partial charge in [0.15, 0.2) is 4.96 Å². The van der Waals surface area contributed by atoms with Crippen molar-refractivity contribution in [3.8, 4) is 11.3 Å². The maximum absolute atomic E-state index is 12.8. The van der Waals surface area contributed by atoms with Gasteiger partial charge in [0.05, 0.1) is 5.69 Å². The summed E-state index contributed by atoms with van der Waals surface area (Å²) >= 11 is 1.62. The molecule has 7 nitrogen and oxygen atoms in total. The van der Waals surface area contributed by atoms with Crippen LogP contribution in [0.1, 0.15) is 12.1 Å². The topological polar surface area (TPSA) is 66.6 Å². The van der Waals surface area contributed by atoms with Crippen molar-refractivity contribution in [2.24, 2.45) is 0 Å². The standard InChI is InChI=1S/C22H22N6OS/c29-20(26-11-13-27(14-12-26)21-23-9-4-10-24-21)8-7-18-16-30-22-25-19(15-28(18)22)17-5-2-1-3-6-17/h1-6,9-10,15-16H,7-8,11-14H2. The van der Waals surface area contributed by atoms with Gasteiger partial charge in [-0.1, -0.05) is 30.3 Å². The van der Waals surface area contributed by atoms with Crippen molar-refractivity contribution in [2.75, 3.05) is 31.1 Å². The Balaban J connectivity index is 1.20. The third-order valence-corrected chi connectivity index (χ3v) is 6.30. The van der Waals surface area contributed by atoms with E-state index < -0.39 is 0 Å². The molecule has 0 aliphatic carbocycles. The predicted octanol–water partition coefficient (Wildman–Crippen LogP) is 3.13. The van der Waals surface area contributed by atoms with E-state index in [0.717, 1.165) is 41.0 Å². The summed E-state index contributed by atoms with van der Waals surface area (Å²) in [5, 5.41) is 2.11. The summed E-state index contributed by atoms with van der Waals surface area (Å²) in [5.74, 6) is 0.936. The Labute approximate surface area is 178 Å². The van der Waals surface area contributed by atoms with E-state index in [-0.39, 0.29) is 5.91 Å². The number of rotatable bonds is 5. The summed E-state index contributed by atoms with van der Waals surface area (Å²) in [7, 11) is 0. The fourth-order valence-electron chi connectivity index (χ4n) is 3.76. The number of hydrogen-bond donors (Lipinski definition) is 0. The minimum atomic E-state index is 0.200. The number of thiazole rings is 1. The Morgan fingerprint density at radius 2 is 1.77 bits per heavy atom. The van der Waals surface area contributed by atoms with Crippen LogP contribution >= 0.6 is 11.3 Å². The maximum atomic E-state index is 12.8. The van der Waals surface area contributed by atoms with Crippen LogP contribution in [0.2, 0.25) is 0 Å². The van der Waals surface area contributed by atoms with Crippen molar-refractivity contribution in [1.82, 2.24) is 24.3 Å². The number of amides is 1. The molecule has 1 aliphatic heterocycles. The highest BCUT2D eigenvalue weighted by Crippen LogP contribution is 2.24. The molecular weight excluding hydrogens is 396 g/mol. The summed E-state index contributed by atoms with van der Waals surface area (Å²) in [5.41, 5.74) is 3.21. The molecule has 3 aromatic heterocycles. The number of anilines is 1. The Bertz CT molecular complexity index is 1130. The van der Waals surface area contributed by atoms with Crippen LogP contribution in [0.5, 0.6) is 0 Å². The molecule has 0 N–H and O–H groups in total. The quantitative estimate of drug-likeness (QED) is 0.498. The number of hydrogen-bond acceptors (Lipinski definition) is 6. The second-order valence-corrected chi connectivity index (χ2v) is 8.12. The highest BCUT2D eigenvalue weighted by molar-refractivity contribution is 7.15. The van der Waals surface area contributed by atoms with Gasteiger partial charge < -0.3 is 9.80 Å². The van der Waals surface area contributed by atoms with Crippen LogP contribution in [-0.2, 0) is 11.2 Å². The molecule has 152 valence electrons. The molecular formula is C22H22N6OS. The maximum Gasteiger partial charge on any atom is 0.225 e. The van der Waals surface area contributed by atoms with Gasteiger partial charge in [-0.15, -0.1) is 11.3 Å². The van der Waals surface area contributed by atoms with Gasteiger partial charge in [0.2, 0.25) is 11.9 Å². The minimum absolute atomic E-state index is 0.200. The van der Waals surface area contributed by atoms with Crippen molar-refractivity contribution < 1.29 is 4.79 Å². The smallest absolute Gasteiger partial charge is 0.225 e. The lowest BCUT2D eigenvalue weighted by Gasteiger charge is -2.34. The molecule has 30 heavy (non-hydrogen) atoms. The van der Waals surface area contributed by atoms with Crippen molar-refractivity contribution in [2.45, 2.75) is 12.8 Å². The van der Waals surface area contributed by atoms with Gasteiger partial charge in [-0.25, -0.2) is 15.0 Å². The normalized spacial score (nSPS) is 14.4. The number of piperazine rings is 1. The Morgan fingerprint density at radius 3 is 2.53 bits per heavy atom. The number of nitrogens with zero attached hydrogens (tertiary/aromatic N) is 6. The zero-order valence-electron chi connectivity index (χ0n) is 16.5. The van der Waals surface area contributed by atoms with Gasteiger partial charge >= 0.3 is 0 Å². The summed E-state index contributed by atoms with van der Waals surface area (Å²) in [4.78, 5) is 31.1. The van der Waals surface area contributed by atoms with Gasteiger partial charge in [0.1, 0.15) is 0 Å². The van der Waals surface area contributed by atoms with Gasteiger partial charge in [0, 0.05) is 67.8 Å². The monoisotopic (exact) mass is 418 g/mol. The molecule has 0 saturated carbocycles. The van der Waals surface area contributed by atoms with E-state index in [9.17, 15) is 4.79 Å². The summed E-state index contributed by atoms with van der Waals surface area (Å²) < 4.78 is 2.12. The Hall–Kier alpha value is -3.26. The number of carbonyl (C=O) groups is 1. The average molecular weight is 419 g/mol. The van der Waals surface area contributed by atoms with E-state index in [1.54, 1.807) is 23.7 Å². The SMILES string of the molecule is O=C(CCc1csc2nc(-c3ccccc3)cn12)N1CCN(c2ncccn2)CC1. The number of carbonyl (C=O) groups excluding carboxylic acids is 1. The number of imidazole rings is 1. The van der Waals surface area contributed by atoms with Crippen molar-refractivity contribution >= 4 is 28.2 Å². The van der Waals surface area contributed by atoms with Crippen molar-refractivity contribution in [1.29, 1.82) is 0 Å². The largest absolute Gasteiger partial charge is 0.339 e. The van der Waals surface area contributed by atoms with Crippen LogP contribution in [0.4, 0.5) is 5.95 Å². The number of benzene rings is 1. The molecule has 4 heterocycles. The fourth-order valence-corrected chi connectivity index (χ4v) is 4.67. The van der Waals surface area contributed by atoms with Crippen LogP contribution in [0, 0.1) is 0 Å². The third kappa shape index (κ3) is 3.78. The molecule has 0 radical (unpaired) electrons. The zero-order chi connectivity index (χ0) is 20.3. The Kier molecular flexibility index (Phi) is 5.15. The summed E-state index contributed by atoms with van der Waals surface area (Å²) in [6.45, 7) is 2.94. The first-order valence-corrected chi connectivity index (χ1v) is 11.0. The lowest BCUT2D eigenvalue weighted by Crippen LogP contribution is -2.49. The molecule has 8 heteroatoms. The lowest BCUT2D eigenvalue weighted by molar-refractivity contribution is -0.131.